The third-order valence-corrected chi connectivity index (χ3v) is 7.25. The number of Topliss-reactive ketones (excluding diaryl/α,β-unsaturated/α-hetero) is 1. The largest absolute Gasteiger partial charge is 0.326 e. The molecule has 2 N–H and O–H groups in total. The summed E-state index contributed by atoms with van der Waals surface area (Å²) in [5.74, 6) is -0.369. The molecule has 1 aliphatic carbocycles. The Morgan fingerprint density at radius 3 is 2.20 bits per heavy atom. The number of nitrogens with zero attached hydrogens (tertiary/aromatic N) is 2. The minimum atomic E-state index is -3.88. The number of nitrogens with one attached hydrogen (secondary N) is 2. The van der Waals surface area contributed by atoms with Gasteiger partial charge in [0, 0.05) is 35.5 Å². The molecule has 182 valence electrons. The maximum Gasteiger partial charge on any atom is 0.264 e. The number of ketones is 1. The van der Waals surface area contributed by atoms with Gasteiger partial charge in [0.25, 0.3) is 10.0 Å². The average molecular weight is 493 g/mol. The second-order valence-corrected chi connectivity index (χ2v) is 10.4. The predicted octanol–water partition coefficient (Wildman–Crippen LogP) is 4.37. The number of fused-ring (bicyclic) bond motifs is 1. The van der Waals surface area contributed by atoms with E-state index in [1.165, 1.54) is 41.8 Å². The van der Waals surface area contributed by atoms with E-state index in [1.807, 2.05) is 18.2 Å². The van der Waals surface area contributed by atoms with Crippen molar-refractivity contribution in [1.82, 2.24) is 9.97 Å². The van der Waals surface area contributed by atoms with Crippen molar-refractivity contribution in [3.8, 4) is 0 Å². The van der Waals surface area contributed by atoms with Crippen molar-refractivity contribution in [2.24, 2.45) is 0 Å². The summed E-state index contributed by atoms with van der Waals surface area (Å²) in [6.07, 6.45) is 4.53. The van der Waals surface area contributed by atoms with Crippen molar-refractivity contribution in [3.05, 3.63) is 76.6 Å². The molecule has 0 unspecified atom stereocenters. The van der Waals surface area contributed by atoms with Crippen molar-refractivity contribution >= 4 is 33.3 Å². The molecule has 0 saturated heterocycles. The Kier molecular flexibility index (Phi) is 7.25. The fraction of sp³-hybridized carbons (Fsp3) is 0.308. The van der Waals surface area contributed by atoms with Crippen LogP contribution in [0.2, 0.25) is 0 Å². The van der Waals surface area contributed by atoms with E-state index < -0.39 is 10.0 Å². The van der Waals surface area contributed by atoms with Gasteiger partial charge in [0.1, 0.15) is 0 Å². The third kappa shape index (κ3) is 6.30. The fourth-order valence-electron chi connectivity index (χ4n) is 4.17. The van der Waals surface area contributed by atoms with Crippen LogP contribution in [0, 0.1) is 13.8 Å². The predicted molar refractivity (Wildman–Crippen MR) is 134 cm³/mol. The molecule has 1 aromatic heterocycles. The molecule has 0 aliphatic heterocycles. The molecule has 0 atom stereocenters. The Morgan fingerprint density at radius 2 is 1.51 bits per heavy atom. The number of carbonyl (C=O) groups excluding carboxylic acids is 2. The molecule has 9 heteroatoms. The SMILES string of the molecule is Cc1cc(C)nc(NS(=O)(=O)c2ccc(NC(=O)CCC(=O)c3ccc4c(c3)CCCC4)cc2)n1. The standard InChI is InChI=1S/C26H28N4O4S/c1-17-15-18(2)28-26(27-17)30-35(33,34)23-11-9-22(10-12-23)29-25(32)14-13-24(31)21-8-7-19-5-3-4-6-20(19)16-21/h7-12,15-16H,3-6,13-14H2,1-2H3,(H,29,32)(H,27,28,30). The van der Waals surface area contributed by atoms with Crippen molar-refractivity contribution in [2.75, 3.05) is 10.0 Å². The normalized spacial score (nSPS) is 13.1. The maximum absolute atomic E-state index is 12.6. The molecule has 0 saturated carbocycles. The molecule has 8 nitrogen and oxygen atoms in total. The Morgan fingerprint density at radius 1 is 0.857 bits per heavy atom. The highest BCUT2D eigenvalue weighted by atomic mass is 32.2. The van der Waals surface area contributed by atoms with E-state index in [-0.39, 0.29) is 35.4 Å². The van der Waals surface area contributed by atoms with Gasteiger partial charge >= 0.3 is 0 Å². The minimum Gasteiger partial charge on any atom is -0.326 e. The lowest BCUT2D eigenvalue weighted by molar-refractivity contribution is -0.116. The van der Waals surface area contributed by atoms with Gasteiger partial charge in [-0.3, -0.25) is 9.59 Å². The van der Waals surface area contributed by atoms with E-state index in [1.54, 1.807) is 19.9 Å². The van der Waals surface area contributed by atoms with Gasteiger partial charge in [-0.15, -0.1) is 0 Å². The van der Waals surface area contributed by atoms with Gasteiger partial charge < -0.3 is 5.32 Å². The van der Waals surface area contributed by atoms with E-state index in [0.29, 0.717) is 22.6 Å². The first-order valence-electron chi connectivity index (χ1n) is 11.6. The quantitative estimate of drug-likeness (QED) is 0.451. The number of carbonyl (C=O) groups is 2. The molecule has 2 aromatic carbocycles. The molecule has 0 bridgehead atoms. The summed E-state index contributed by atoms with van der Waals surface area (Å²) < 4.78 is 27.7. The highest BCUT2D eigenvalue weighted by molar-refractivity contribution is 7.92. The molecule has 35 heavy (non-hydrogen) atoms. The number of sulfonamides is 1. The van der Waals surface area contributed by atoms with Gasteiger partial charge in [0.15, 0.2) is 5.78 Å². The van der Waals surface area contributed by atoms with Crippen LogP contribution in [-0.2, 0) is 27.7 Å². The van der Waals surface area contributed by atoms with Crippen LogP contribution in [0.15, 0.2) is 53.4 Å². The lowest BCUT2D eigenvalue weighted by Gasteiger charge is -2.16. The summed E-state index contributed by atoms with van der Waals surface area (Å²) in [5.41, 5.74) is 4.94. The zero-order valence-electron chi connectivity index (χ0n) is 19.8. The Labute approximate surface area is 205 Å². The van der Waals surface area contributed by atoms with E-state index in [9.17, 15) is 18.0 Å². The van der Waals surface area contributed by atoms with E-state index in [2.05, 4.69) is 20.0 Å². The summed E-state index contributed by atoms with van der Waals surface area (Å²) >= 11 is 0. The van der Waals surface area contributed by atoms with E-state index in [4.69, 9.17) is 0 Å². The fourth-order valence-corrected chi connectivity index (χ4v) is 5.11. The van der Waals surface area contributed by atoms with E-state index >= 15 is 0 Å². The molecule has 0 spiro atoms. The Bertz CT molecular complexity index is 1350. The topological polar surface area (TPSA) is 118 Å². The third-order valence-electron chi connectivity index (χ3n) is 5.91. The molecule has 0 radical (unpaired) electrons. The Balaban J connectivity index is 1.32. The number of rotatable bonds is 8. The molecule has 4 rings (SSSR count). The van der Waals surface area contributed by atoms with Gasteiger partial charge in [-0.25, -0.2) is 23.1 Å². The maximum atomic E-state index is 12.6. The molecule has 3 aromatic rings. The number of amides is 1. The number of hydrogen-bond donors (Lipinski definition) is 2. The minimum absolute atomic E-state index is 0.00322. The monoisotopic (exact) mass is 492 g/mol. The van der Waals surface area contributed by atoms with Crippen LogP contribution in [0.5, 0.6) is 0 Å². The van der Waals surface area contributed by atoms with Crippen molar-refractivity contribution in [1.29, 1.82) is 0 Å². The van der Waals surface area contributed by atoms with E-state index in [0.717, 1.165) is 19.3 Å². The van der Waals surface area contributed by atoms with Gasteiger partial charge in [0.2, 0.25) is 11.9 Å². The molecular formula is C26H28N4O4S. The molecule has 0 fully saturated rings. The first-order valence-corrected chi connectivity index (χ1v) is 13.1. The van der Waals surface area contributed by atoms with Crippen LogP contribution < -0.4 is 10.0 Å². The lowest BCUT2D eigenvalue weighted by Crippen LogP contribution is -2.16. The molecular weight excluding hydrogens is 464 g/mol. The average Bonchev–Trinajstić information content (AvgIpc) is 2.81. The number of aryl methyl sites for hydroxylation is 4. The lowest BCUT2D eigenvalue weighted by atomic mass is 9.89. The van der Waals surface area contributed by atoms with Gasteiger partial charge in [-0.05, 0) is 87.1 Å². The molecule has 1 heterocycles. The van der Waals surface area contributed by atoms with Gasteiger partial charge in [-0.2, -0.15) is 0 Å². The zero-order valence-corrected chi connectivity index (χ0v) is 20.6. The second-order valence-electron chi connectivity index (χ2n) is 8.77. The molecule has 1 aliphatic rings. The first kappa shape index (κ1) is 24.5. The van der Waals surface area contributed by atoms with Crippen LogP contribution in [0.3, 0.4) is 0 Å². The molecule has 1 amide bonds. The van der Waals surface area contributed by atoms with Crippen molar-refractivity contribution in [2.45, 2.75) is 57.3 Å². The van der Waals surface area contributed by atoms with Crippen LogP contribution in [-0.4, -0.2) is 30.1 Å². The van der Waals surface area contributed by atoms with Crippen LogP contribution >= 0.6 is 0 Å². The first-order chi connectivity index (χ1) is 16.7. The summed E-state index contributed by atoms with van der Waals surface area (Å²) in [6, 6.07) is 13.4. The highest BCUT2D eigenvalue weighted by Crippen LogP contribution is 2.23. The van der Waals surface area contributed by atoms with Crippen molar-refractivity contribution in [3.63, 3.8) is 0 Å². The summed E-state index contributed by atoms with van der Waals surface area (Å²) in [5, 5.41) is 2.71. The smallest absolute Gasteiger partial charge is 0.264 e. The number of hydrogen-bond acceptors (Lipinski definition) is 6. The number of aromatic nitrogens is 2. The summed E-state index contributed by atoms with van der Waals surface area (Å²) in [4.78, 5) is 33.1. The van der Waals surface area contributed by atoms with Crippen LogP contribution in [0.1, 0.15) is 58.6 Å². The van der Waals surface area contributed by atoms with Gasteiger partial charge in [0.05, 0.1) is 4.90 Å². The van der Waals surface area contributed by atoms with Gasteiger partial charge in [-0.1, -0.05) is 12.1 Å². The number of anilines is 2. The zero-order chi connectivity index (χ0) is 25.0. The van der Waals surface area contributed by atoms with Crippen molar-refractivity contribution < 1.29 is 18.0 Å². The Hall–Kier alpha value is -3.59. The van der Waals surface area contributed by atoms with Crippen LogP contribution in [0.25, 0.3) is 0 Å². The second kappa shape index (κ2) is 10.4. The number of benzene rings is 2. The highest BCUT2D eigenvalue weighted by Gasteiger charge is 2.17. The van der Waals surface area contributed by atoms with Crippen LogP contribution in [0.4, 0.5) is 11.6 Å². The summed E-state index contributed by atoms with van der Waals surface area (Å²) in [6.45, 7) is 3.51. The summed E-state index contributed by atoms with van der Waals surface area (Å²) in [7, 11) is -3.88.